The van der Waals surface area contributed by atoms with Crippen LogP contribution in [-0.4, -0.2) is 33.5 Å². The summed E-state index contributed by atoms with van der Waals surface area (Å²) in [6, 6.07) is 19.7. The van der Waals surface area contributed by atoms with Crippen LogP contribution >= 0.6 is 11.3 Å². The summed E-state index contributed by atoms with van der Waals surface area (Å²) >= 11 is 1.34. The topological polar surface area (TPSA) is 75.2 Å². The van der Waals surface area contributed by atoms with Crippen LogP contribution in [0.2, 0.25) is 0 Å². The Kier molecular flexibility index (Phi) is 10.9. The summed E-state index contributed by atoms with van der Waals surface area (Å²) in [4.78, 5) is 27.7. The van der Waals surface area contributed by atoms with Gasteiger partial charge in [0.25, 0.3) is 0 Å². The zero-order chi connectivity index (χ0) is 24.9. The van der Waals surface area contributed by atoms with Gasteiger partial charge in [-0.05, 0) is 18.9 Å². The normalized spacial score (nSPS) is 11.7. The fraction of sp³-hybridized carbons (Fsp3) is 0.429. The molecular formula is C28H36N4O2S. The Bertz CT molecular complexity index is 1040. The van der Waals surface area contributed by atoms with E-state index in [9.17, 15) is 9.59 Å². The van der Waals surface area contributed by atoms with Gasteiger partial charge < -0.3 is 10.2 Å². The number of carbonyl (C=O) groups is 2. The molecular weight excluding hydrogens is 456 g/mol. The van der Waals surface area contributed by atoms with Gasteiger partial charge >= 0.3 is 0 Å². The number of hydrogen-bond donors (Lipinski definition) is 1. The van der Waals surface area contributed by atoms with Crippen LogP contribution in [0.4, 0.5) is 5.13 Å². The second-order valence-corrected chi connectivity index (χ2v) is 9.75. The highest BCUT2D eigenvalue weighted by Crippen LogP contribution is 2.26. The van der Waals surface area contributed by atoms with Gasteiger partial charge in [-0.3, -0.25) is 9.59 Å². The smallest absolute Gasteiger partial charge is 0.227 e. The minimum absolute atomic E-state index is 0.0946. The molecule has 0 saturated heterocycles. The monoisotopic (exact) mass is 492 g/mol. The van der Waals surface area contributed by atoms with E-state index in [1.165, 1.54) is 37.0 Å². The molecule has 2 amide bonds. The van der Waals surface area contributed by atoms with E-state index in [0.29, 0.717) is 18.1 Å². The number of anilines is 1. The molecule has 1 N–H and O–H groups in total. The van der Waals surface area contributed by atoms with E-state index in [0.717, 1.165) is 29.0 Å². The van der Waals surface area contributed by atoms with Gasteiger partial charge in [0.05, 0.1) is 6.04 Å². The van der Waals surface area contributed by atoms with Crippen molar-refractivity contribution in [2.24, 2.45) is 0 Å². The van der Waals surface area contributed by atoms with Gasteiger partial charge in [0.1, 0.15) is 5.01 Å². The number of nitrogens with one attached hydrogen (secondary N) is 1. The molecule has 0 aliphatic rings. The fourth-order valence-corrected chi connectivity index (χ4v) is 4.79. The summed E-state index contributed by atoms with van der Waals surface area (Å²) in [6.45, 7) is 4.60. The molecule has 0 unspecified atom stereocenters. The summed E-state index contributed by atoms with van der Waals surface area (Å²) in [6.07, 6.45) is 7.55. The van der Waals surface area contributed by atoms with E-state index in [2.05, 4.69) is 22.4 Å². The number of nitrogens with zero attached hydrogens (tertiary/aromatic N) is 3. The largest absolute Gasteiger partial charge is 0.335 e. The first-order chi connectivity index (χ1) is 17.1. The summed E-state index contributed by atoms with van der Waals surface area (Å²) in [5.41, 5.74) is 2.04. The van der Waals surface area contributed by atoms with Gasteiger partial charge in [0.2, 0.25) is 16.9 Å². The van der Waals surface area contributed by atoms with Crippen LogP contribution in [0.25, 0.3) is 10.6 Å². The highest BCUT2D eigenvalue weighted by atomic mass is 32.1. The van der Waals surface area contributed by atoms with Crippen molar-refractivity contribution < 1.29 is 9.59 Å². The third-order valence-corrected chi connectivity index (χ3v) is 6.97. The number of benzene rings is 2. The number of unbranched alkanes of at least 4 members (excludes halogenated alkanes) is 5. The van der Waals surface area contributed by atoms with Crippen molar-refractivity contribution >= 4 is 28.3 Å². The molecule has 1 atom stereocenters. The van der Waals surface area contributed by atoms with E-state index in [1.54, 1.807) is 0 Å². The lowest BCUT2D eigenvalue weighted by molar-refractivity contribution is -0.134. The van der Waals surface area contributed by atoms with Gasteiger partial charge in [-0.25, -0.2) is 0 Å². The maximum atomic E-state index is 13.2. The highest BCUT2D eigenvalue weighted by Gasteiger charge is 2.22. The van der Waals surface area contributed by atoms with E-state index >= 15 is 0 Å². The second-order valence-electron chi connectivity index (χ2n) is 8.77. The molecule has 1 aromatic heterocycles. The molecule has 3 aromatic rings. The first kappa shape index (κ1) is 26.5. The molecule has 3 rings (SSSR count). The van der Waals surface area contributed by atoms with E-state index in [1.807, 2.05) is 72.5 Å². The molecule has 7 heteroatoms. The average molecular weight is 493 g/mol. The SMILES string of the molecule is CCCCCCCCC(=O)N(CCC(=O)Nc1nnc(-c2ccccc2)s1)[C@@H](C)c1ccccc1. The Hall–Kier alpha value is -3.06. The number of amides is 2. The molecule has 1 heterocycles. The van der Waals surface area contributed by atoms with Gasteiger partial charge in [-0.2, -0.15) is 0 Å². The summed E-state index contributed by atoms with van der Waals surface area (Å²) in [5, 5.41) is 12.4. The molecule has 6 nitrogen and oxygen atoms in total. The number of carbonyl (C=O) groups excluding carboxylic acids is 2. The van der Waals surface area contributed by atoms with Crippen LogP contribution in [0.15, 0.2) is 60.7 Å². The molecule has 0 aliphatic carbocycles. The van der Waals surface area contributed by atoms with Gasteiger partial charge in [-0.1, -0.05) is 111 Å². The predicted octanol–water partition coefficient (Wildman–Crippen LogP) is 6.87. The first-order valence-corrected chi connectivity index (χ1v) is 13.4. The van der Waals surface area contributed by atoms with Crippen LogP contribution in [0.5, 0.6) is 0 Å². The lowest BCUT2D eigenvalue weighted by Crippen LogP contribution is -2.36. The van der Waals surface area contributed by atoms with Crippen molar-refractivity contribution in [3.63, 3.8) is 0 Å². The average Bonchev–Trinajstić information content (AvgIpc) is 3.35. The number of hydrogen-bond acceptors (Lipinski definition) is 5. The van der Waals surface area contributed by atoms with Gasteiger partial charge in [-0.15, -0.1) is 10.2 Å². The maximum Gasteiger partial charge on any atom is 0.227 e. The minimum Gasteiger partial charge on any atom is -0.335 e. The molecule has 0 bridgehead atoms. The first-order valence-electron chi connectivity index (χ1n) is 12.6. The van der Waals surface area contributed by atoms with Crippen LogP contribution in [-0.2, 0) is 9.59 Å². The summed E-state index contributed by atoms with van der Waals surface area (Å²) in [5.74, 6) is -0.0645. The van der Waals surface area contributed by atoms with Crippen molar-refractivity contribution in [2.45, 2.75) is 71.3 Å². The fourth-order valence-electron chi connectivity index (χ4n) is 4.02. The van der Waals surface area contributed by atoms with Crippen molar-refractivity contribution in [1.29, 1.82) is 0 Å². The Labute approximate surface area is 212 Å². The highest BCUT2D eigenvalue weighted by molar-refractivity contribution is 7.18. The Morgan fingerprint density at radius 1 is 0.886 bits per heavy atom. The summed E-state index contributed by atoms with van der Waals surface area (Å²) < 4.78 is 0. The molecule has 0 aliphatic heterocycles. The van der Waals surface area contributed by atoms with Crippen molar-refractivity contribution in [3.8, 4) is 10.6 Å². The molecule has 186 valence electrons. The predicted molar refractivity (Wildman–Crippen MR) is 143 cm³/mol. The van der Waals surface area contributed by atoms with E-state index in [-0.39, 0.29) is 24.3 Å². The molecule has 35 heavy (non-hydrogen) atoms. The minimum atomic E-state index is -0.168. The van der Waals surface area contributed by atoms with Crippen LogP contribution < -0.4 is 5.32 Å². The zero-order valence-electron chi connectivity index (χ0n) is 20.8. The van der Waals surface area contributed by atoms with E-state index < -0.39 is 0 Å². The van der Waals surface area contributed by atoms with Crippen LogP contribution in [0, 0.1) is 0 Å². The molecule has 0 fully saturated rings. The maximum absolute atomic E-state index is 13.2. The Balaban J connectivity index is 1.56. The molecule has 0 spiro atoms. The quantitative estimate of drug-likeness (QED) is 0.249. The zero-order valence-corrected chi connectivity index (χ0v) is 21.6. The molecule has 0 saturated carbocycles. The second kappa shape index (κ2) is 14.4. The van der Waals surface area contributed by atoms with Crippen molar-refractivity contribution in [1.82, 2.24) is 15.1 Å². The third kappa shape index (κ3) is 8.58. The number of rotatable bonds is 14. The van der Waals surface area contributed by atoms with Gasteiger partial charge in [0, 0.05) is 24.9 Å². The molecule has 2 aromatic carbocycles. The Morgan fingerprint density at radius 3 is 2.26 bits per heavy atom. The standard InChI is InChI=1S/C28H36N4O2S/c1-3-4-5-6-7-14-19-26(34)32(22(2)23-15-10-8-11-16-23)21-20-25(33)29-28-31-30-27(35-28)24-17-12-9-13-18-24/h8-13,15-18,22H,3-7,14,19-21H2,1-2H3,(H,29,31,33)/t22-/m0/s1. The van der Waals surface area contributed by atoms with Crippen molar-refractivity contribution in [2.75, 3.05) is 11.9 Å². The van der Waals surface area contributed by atoms with E-state index in [4.69, 9.17) is 0 Å². The molecule has 0 radical (unpaired) electrons. The van der Waals surface area contributed by atoms with Gasteiger partial charge in [0.15, 0.2) is 0 Å². The Morgan fingerprint density at radius 2 is 1.54 bits per heavy atom. The third-order valence-electron chi connectivity index (χ3n) is 6.09. The lowest BCUT2D eigenvalue weighted by atomic mass is 10.0. The van der Waals surface area contributed by atoms with Crippen molar-refractivity contribution in [3.05, 3.63) is 66.2 Å². The summed E-state index contributed by atoms with van der Waals surface area (Å²) in [7, 11) is 0. The van der Waals surface area contributed by atoms with Crippen LogP contribution in [0.1, 0.15) is 76.8 Å². The van der Waals surface area contributed by atoms with Crippen LogP contribution in [0.3, 0.4) is 0 Å². The lowest BCUT2D eigenvalue weighted by Gasteiger charge is -2.30. The number of aromatic nitrogens is 2.